The monoisotopic (exact) mass is 329 g/mol. The van der Waals surface area contributed by atoms with Crippen molar-refractivity contribution in [3.63, 3.8) is 0 Å². The normalized spacial score (nSPS) is 55.0. The second-order valence-corrected chi connectivity index (χ2v) is 10.2. The largest absolute Gasteiger partial charge is 0.393 e. The summed E-state index contributed by atoms with van der Waals surface area (Å²) in [5.74, 6) is 4.19. The summed E-state index contributed by atoms with van der Waals surface area (Å²) in [7, 11) is 0. The molecule has 0 heterocycles. The van der Waals surface area contributed by atoms with Gasteiger partial charge in [-0.2, -0.15) is 5.26 Å². The number of aliphatic hydroxyl groups is 1. The van der Waals surface area contributed by atoms with E-state index in [0.717, 1.165) is 36.5 Å². The third kappa shape index (κ3) is 2.23. The van der Waals surface area contributed by atoms with Gasteiger partial charge in [0.2, 0.25) is 0 Å². The van der Waals surface area contributed by atoms with E-state index in [1.807, 2.05) is 0 Å². The van der Waals surface area contributed by atoms with Crippen molar-refractivity contribution in [2.75, 3.05) is 0 Å². The summed E-state index contributed by atoms with van der Waals surface area (Å²) < 4.78 is 0. The molecule has 0 saturated heterocycles. The Hall–Kier alpha value is -0.550. The molecule has 9 atom stereocenters. The second-order valence-electron chi connectivity index (χ2n) is 10.2. The van der Waals surface area contributed by atoms with Gasteiger partial charge < -0.3 is 5.11 Å². The predicted octanol–water partition coefficient (Wildman–Crippen LogP) is 5.17. The van der Waals surface area contributed by atoms with Crippen molar-refractivity contribution in [3.8, 4) is 6.07 Å². The molecule has 4 rings (SSSR count). The first-order chi connectivity index (χ1) is 11.4. The summed E-state index contributed by atoms with van der Waals surface area (Å²) in [6, 6.07) is 2.57. The topological polar surface area (TPSA) is 44.0 Å². The number of nitriles is 1. The first kappa shape index (κ1) is 16.9. The third-order valence-corrected chi connectivity index (χ3v) is 9.52. The van der Waals surface area contributed by atoms with Gasteiger partial charge in [0.15, 0.2) is 0 Å². The molecule has 0 radical (unpaired) electrons. The quantitative estimate of drug-likeness (QED) is 0.721. The molecule has 134 valence electrons. The van der Waals surface area contributed by atoms with E-state index in [0.29, 0.717) is 16.7 Å². The van der Waals surface area contributed by atoms with Crippen molar-refractivity contribution in [2.24, 2.45) is 46.3 Å². The number of nitrogens with zero attached hydrogens (tertiary/aromatic N) is 1. The predicted molar refractivity (Wildman–Crippen MR) is 96.0 cm³/mol. The van der Waals surface area contributed by atoms with Crippen molar-refractivity contribution in [3.05, 3.63) is 0 Å². The van der Waals surface area contributed by atoms with Gasteiger partial charge in [0.1, 0.15) is 0 Å². The van der Waals surface area contributed by atoms with Crippen LogP contribution in [-0.2, 0) is 0 Å². The molecule has 4 fully saturated rings. The maximum Gasteiger partial charge on any atom is 0.0656 e. The average molecular weight is 330 g/mol. The highest BCUT2D eigenvalue weighted by Gasteiger charge is 2.60. The van der Waals surface area contributed by atoms with Crippen molar-refractivity contribution >= 4 is 0 Å². The Morgan fingerprint density at radius 2 is 1.67 bits per heavy atom. The Labute approximate surface area is 148 Å². The molecule has 0 aliphatic heterocycles. The summed E-state index contributed by atoms with van der Waals surface area (Å²) in [4.78, 5) is 0. The van der Waals surface area contributed by atoms with Gasteiger partial charge in [-0.05, 0) is 105 Å². The van der Waals surface area contributed by atoms with Gasteiger partial charge in [-0.1, -0.05) is 13.8 Å². The van der Waals surface area contributed by atoms with Gasteiger partial charge >= 0.3 is 0 Å². The lowest BCUT2D eigenvalue weighted by atomic mass is 9.44. The minimum Gasteiger partial charge on any atom is -0.393 e. The Bertz CT molecular complexity index is 539. The summed E-state index contributed by atoms with van der Waals surface area (Å²) in [5.41, 5.74) is 0.885. The fourth-order valence-electron chi connectivity index (χ4n) is 8.19. The molecule has 2 nitrogen and oxygen atoms in total. The van der Waals surface area contributed by atoms with Gasteiger partial charge in [0, 0.05) is 5.92 Å². The molecule has 0 aromatic heterocycles. The molecule has 4 aliphatic rings. The zero-order valence-electron chi connectivity index (χ0n) is 15.8. The second kappa shape index (κ2) is 5.73. The van der Waals surface area contributed by atoms with E-state index in [9.17, 15) is 10.4 Å². The molecule has 8 unspecified atom stereocenters. The molecule has 0 aromatic carbocycles. The molecule has 24 heavy (non-hydrogen) atoms. The zero-order chi connectivity index (χ0) is 17.1. The van der Waals surface area contributed by atoms with Crippen LogP contribution in [0.25, 0.3) is 0 Å². The van der Waals surface area contributed by atoms with Crippen LogP contribution in [0, 0.1) is 57.7 Å². The van der Waals surface area contributed by atoms with Gasteiger partial charge in [0.05, 0.1) is 12.2 Å². The van der Waals surface area contributed by atoms with Gasteiger partial charge in [0.25, 0.3) is 0 Å². The average Bonchev–Trinajstić information content (AvgIpc) is 2.92. The number of hydrogen-bond donors (Lipinski definition) is 1. The van der Waals surface area contributed by atoms with E-state index in [1.54, 1.807) is 0 Å². The smallest absolute Gasteiger partial charge is 0.0656 e. The fraction of sp³-hybridized carbons (Fsp3) is 0.955. The number of aliphatic hydroxyl groups excluding tert-OH is 1. The van der Waals surface area contributed by atoms with Crippen LogP contribution in [0.5, 0.6) is 0 Å². The number of hydrogen-bond acceptors (Lipinski definition) is 2. The summed E-state index contributed by atoms with van der Waals surface area (Å²) in [6.07, 6.45) is 11.3. The SMILES string of the molecule is CC(C#N)C1CCC2C3CC[C@H]4CC(O)CCC4(C)C3CCC12C. The van der Waals surface area contributed by atoms with E-state index in [-0.39, 0.29) is 12.0 Å². The minimum atomic E-state index is -0.0409. The van der Waals surface area contributed by atoms with Crippen LogP contribution in [0.1, 0.15) is 78.6 Å². The van der Waals surface area contributed by atoms with Gasteiger partial charge in [-0.3, -0.25) is 0 Å². The molecular weight excluding hydrogens is 294 g/mol. The van der Waals surface area contributed by atoms with Crippen molar-refractivity contribution in [1.82, 2.24) is 0 Å². The molecule has 0 spiro atoms. The lowest BCUT2D eigenvalue weighted by Gasteiger charge is -2.61. The summed E-state index contributed by atoms with van der Waals surface area (Å²) in [5, 5.41) is 19.6. The van der Waals surface area contributed by atoms with Crippen LogP contribution in [0.4, 0.5) is 0 Å². The van der Waals surface area contributed by atoms with E-state index in [1.165, 1.54) is 44.9 Å². The van der Waals surface area contributed by atoms with Crippen molar-refractivity contribution in [2.45, 2.75) is 84.7 Å². The highest BCUT2D eigenvalue weighted by atomic mass is 16.3. The summed E-state index contributed by atoms with van der Waals surface area (Å²) in [6.45, 7) is 7.25. The van der Waals surface area contributed by atoms with Crippen LogP contribution in [-0.4, -0.2) is 11.2 Å². The van der Waals surface area contributed by atoms with E-state index < -0.39 is 0 Å². The Morgan fingerprint density at radius 1 is 0.958 bits per heavy atom. The van der Waals surface area contributed by atoms with Crippen LogP contribution >= 0.6 is 0 Å². The Morgan fingerprint density at radius 3 is 2.42 bits per heavy atom. The molecular formula is C22H35NO. The lowest BCUT2D eigenvalue weighted by molar-refractivity contribution is -0.128. The molecule has 1 N–H and O–H groups in total. The minimum absolute atomic E-state index is 0.0409. The molecule has 4 aliphatic carbocycles. The van der Waals surface area contributed by atoms with Crippen LogP contribution in [0.3, 0.4) is 0 Å². The van der Waals surface area contributed by atoms with Crippen molar-refractivity contribution in [1.29, 1.82) is 5.26 Å². The Kier molecular flexibility index (Phi) is 4.03. The highest BCUT2D eigenvalue weighted by molar-refractivity contribution is 5.11. The first-order valence-corrected chi connectivity index (χ1v) is 10.5. The lowest BCUT2D eigenvalue weighted by Crippen LogP contribution is -2.54. The Balaban J connectivity index is 1.60. The number of fused-ring (bicyclic) bond motifs is 5. The zero-order valence-corrected chi connectivity index (χ0v) is 15.8. The number of rotatable bonds is 1. The van der Waals surface area contributed by atoms with E-state index in [2.05, 4.69) is 26.8 Å². The highest BCUT2D eigenvalue weighted by Crippen LogP contribution is 2.68. The van der Waals surface area contributed by atoms with Gasteiger partial charge in [-0.25, -0.2) is 0 Å². The fourth-order valence-corrected chi connectivity index (χ4v) is 8.19. The molecule has 0 bridgehead atoms. The molecule has 4 saturated carbocycles. The first-order valence-electron chi connectivity index (χ1n) is 10.5. The maximum atomic E-state index is 10.1. The van der Waals surface area contributed by atoms with E-state index in [4.69, 9.17) is 0 Å². The third-order valence-electron chi connectivity index (χ3n) is 9.52. The maximum absolute atomic E-state index is 10.1. The van der Waals surface area contributed by atoms with E-state index >= 15 is 0 Å². The van der Waals surface area contributed by atoms with Crippen LogP contribution < -0.4 is 0 Å². The molecule has 2 heteroatoms. The van der Waals surface area contributed by atoms with Gasteiger partial charge in [-0.15, -0.1) is 0 Å². The standard InChI is InChI=1S/C22H35NO/c1-14(13-23)18-6-7-19-17-5-4-15-12-16(24)8-10-21(15,2)20(17)9-11-22(18,19)3/h14-20,24H,4-12H2,1-3H3/t14?,15-,16?,17?,18?,19?,20?,21?,22?/m0/s1. The van der Waals surface area contributed by atoms with Crippen LogP contribution in [0.15, 0.2) is 0 Å². The molecule has 0 aromatic rings. The summed E-state index contributed by atoms with van der Waals surface area (Å²) >= 11 is 0. The van der Waals surface area contributed by atoms with Crippen LogP contribution in [0.2, 0.25) is 0 Å². The molecule has 0 amide bonds. The van der Waals surface area contributed by atoms with Crippen molar-refractivity contribution < 1.29 is 5.11 Å².